The van der Waals surface area contributed by atoms with Crippen molar-refractivity contribution < 1.29 is 9.53 Å². The summed E-state index contributed by atoms with van der Waals surface area (Å²) in [6.07, 6.45) is 2.64. The fourth-order valence-electron chi connectivity index (χ4n) is 2.08. The second-order valence-electron chi connectivity index (χ2n) is 4.88. The van der Waals surface area contributed by atoms with E-state index in [1.54, 1.807) is 0 Å². The van der Waals surface area contributed by atoms with Gasteiger partial charge < -0.3 is 4.74 Å². The maximum absolute atomic E-state index is 11.8. The summed E-state index contributed by atoms with van der Waals surface area (Å²) in [5.41, 5.74) is 2.33. The molecule has 2 aromatic rings. The van der Waals surface area contributed by atoms with Gasteiger partial charge in [-0.05, 0) is 29.7 Å². The summed E-state index contributed by atoms with van der Waals surface area (Å²) in [6, 6.07) is 17.7. The van der Waals surface area contributed by atoms with Crippen LogP contribution < -0.4 is 4.74 Å². The average Bonchev–Trinajstić information content (AvgIpc) is 2.48. The lowest BCUT2D eigenvalue weighted by Gasteiger charge is -2.06. The van der Waals surface area contributed by atoms with Gasteiger partial charge in [-0.2, -0.15) is 0 Å². The molecular weight excluding hydrogens is 248 g/mol. The van der Waals surface area contributed by atoms with Crippen molar-refractivity contribution in [3.8, 4) is 5.75 Å². The standard InChI is InChI=1S/C18H20O2/c1-2-6-15-9-11-18(12-10-15)20-14-17(19)13-16-7-4-3-5-8-16/h3-5,7-12H,2,6,13-14H2,1H3. The van der Waals surface area contributed by atoms with Crippen molar-refractivity contribution in [3.63, 3.8) is 0 Å². The van der Waals surface area contributed by atoms with Crippen molar-refractivity contribution in [1.29, 1.82) is 0 Å². The number of hydrogen-bond acceptors (Lipinski definition) is 2. The van der Waals surface area contributed by atoms with Crippen LogP contribution in [-0.4, -0.2) is 12.4 Å². The Kier molecular flexibility index (Phi) is 5.36. The Morgan fingerprint density at radius 2 is 1.65 bits per heavy atom. The molecule has 2 heteroatoms. The number of Topliss-reactive ketones (excluding diaryl/α,β-unsaturated/α-hetero) is 1. The lowest BCUT2D eigenvalue weighted by molar-refractivity contribution is -0.120. The van der Waals surface area contributed by atoms with Crippen LogP contribution in [0.15, 0.2) is 54.6 Å². The number of ketones is 1. The molecule has 2 rings (SSSR count). The van der Waals surface area contributed by atoms with Crippen LogP contribution in [0.3, 0.4) is 0 Å². The van der Waals surface area contributed by atoms with Crippen LogP contribution in [0.25, 0.3) is 0 Å². The van der Waals surface area contributed by atoms with Crippen LogP contribution >= 0.6 is 0 Å². The molecule has 0 bridgehead atoms. The summed E-state index contributed by atoms with van der Waals surface area (Å²) in [6.45, 7) is 2.29. The van der Waals surface area contributed by atoms with E-state index in [4.69, 9.17) is 4.74 Å². The molecule has 0 atom stereocenters. The van der Waals surface area contributed by atoms with E-state index in [0.717, 1.165) is 24.2 Å². The van der Waals surface area contributed by atoms with Gasteiger partial charge in [0.25, 0.3) is 0 Å². The van der Waals surface area contributed by atoms with Crippen LogP contribution in [0, 0.1) is 0 Å². The topological polar surface area (TPSA) is 26.3 Å². The third kappa shape index (κ3) is 4.54. The monoisotopic (exact) mass is 268 g/mol. The summed E-state index contributed by atoms with van der Waals surface area (Å²) in [5, 5.41) is 0. The maximum atomic E-state index is 11.8. The Balaban J connectivity index is 1.81. The third-order valence-corrected chi connectivity index (χ3v) is 3.11. The number of aryl methyl sites for hydroxylation is 1. The zero-order valence-corrected chi connectivity index (χ0v) is 11.8. The minimum Gasteiger partial charge on any atom is -0.486 e. The molecule has 2 aromatic carbocycles. The van der Waals surface area contributed by atoms with Crippen LogP contribution in [0.4, 0.5) is 0 Å². The lowest BCUT2D eigenvalue weighted by Crippen LogP contribution is -2.13. The molecule has 0 heterocycles. The number of benzene rings is 2. The highest BCUT2D eigenvalue weighted by Crippen LogP contribution is 2.13. The molecule has 20 heavy (non-hydrogen) atoms. The van der Waals surface area contributed by atoms with Gasteiger partial charge in [-0.25, -0.2) is 0 Å². The molecule has 0 spiro atoms. The van der Waals surface area contributed by atoms with E-state index < -0.39 is 0 Å². The van der Waals surface area contributed by atoms with E-state index in [2.05, 4.69) is 19.1 Å². The van der Waals surface area contributed by atoms with E-state index >= 15 is 0 Å². The first kappa shape index (κ1) is 14.3. The highest BCUT2D eigenvalue weighted by molar-refractivity contribution is 5.82. The molecule has 0 amide bonds. The van der Waals surface area contributed by atoms with Crippen molar-refractivity contribution in [2.45, 2.75) is 26.2 Å². The summed E-state index contributed by atoms with van der Waals surface area (Å²) in [4.78, 5) is 11.8. The van der Waals surface area contributed by atoms with Gasteiger partial charge in [0, 0.05) is 6.42 Å². The summed E-state index contributed by atoms with van der Waals surface area (Å²) >= 11 is 0. The highest BCUT2D eigenvalue weighted by atomic mass is 16.5. The summed E-state index contributed by atoms with van der Waals surface area (Å²) < 4.78 is 5.52. The lowest BCUT2D eigenvalue weighted by atomic mass is 10.1. The predicted octanol–water partition coefficient (Wildman–Crippen LogP) is 3.83. The number of carbonyl (C=O) groups is 1. The summed E-state index contributed by atoms with van der Waals surface area (Å²) in [5.74, 6) is 0.847. The Hall–Kier alpha value is -2.09. The van der Waals surface area contributed by atoms with Crippen molar-refractivity contribution in [1.82, 2.24) is 0 Å². The van der Waals surface area contributed by atoms with Gasteiger partial charge in [0.05, 0.1) is 0 Å². The molecule has 104 valence electrons. The minimum absolute atomic E-state index is 0.0915. The van der Waals surface area contributed by atoms with Gasteiger partial charge in [0.2, 0.25) is 0 Å². The van der Waals surface area contributed by atoms with Gasteiger partial charge in [-0.15, -0.1) is 0 Å². The maximum Gasteiger partial charge on any atom is 0.174 e. The molecule has 0 N–H and O–H groups in total. The van der Waals surface area contributed by atoms with Gasteiger partial charge in [0.15, 0.2) is 5.78 Å². The molecule has 0 saturated carbocycles. The first-order valence-corrected chi connectivity index (χ1v) is 7.05. The molecule has 0 aromatic heterocycles. The van der Waals surface area contributed by atoms with Crippen molar-refractivity contribution in [2.75, 3.05) is 6.61 Å². The largest absolute Gasteiger partial charge is 0.486 e. The minimum atomic E-state index is 0.0915. The van der Waals surface area contributed by atoms with Crippen molar-refractivity contribution in [3.05, 3.63) is 65.7 Å². The van der Waals surface area contributed by atoms with Gasteiger partial charge >= 0.3 is 0 Å². The molecular formula is C18H20O2. The molecule has 0 fully saturated rings. The van der Waals surface area contributed by atoms with Gasteiger partial charge in [0.1, 0.15) is 12.4 Å². The number of carbonyl (C=O) groups excluding carboxylic acids is 1. The SMILES string of the molecule is CCCc1ccc(OCC(=O)Cc2ccccc2)cc1. The van der Waals surface area contributed by atoms with Gasteiger partial charge in [-0.3, -0.25) is 4.79 Å². The first-order chi connectivity index (χ1) is 9.78. The Morgan fingerprint density at radius 1 is 0.950 bits per heavy atom. The molecule has 0 aliphatic carbocycles. The molecule has 0 radical (unpaired) electrons. The molecule has 0 aliphatic heterocycles. The number of rotatable bonds is 7. The van der Waals surface area contributed by atoms with Crippen molar-refractivity contribution >= 4 is 5.78 Å². The first-order valence-electron chi connectivity index (χ1n) is 7.05. The fraction of sp³-hybridized carbons (Fsp3) is 0.278. The molecule has 0 unspecified atom stereocenters. The zero-order chi connectivity index (χ0) is 14.2. The highest BCUT2D eigenvalue weighted by Gasteiger charge is 2.04. The Morgan fingerprint density at radius 3 is 2.30 bits per heavy atom. The molecule has 0 aliphatic rings. The third-order valence-electron chi connectivity index (χ3n) is 3.11. The fourth-order valence-corrected chi connectivity index (χ4v) is 2.08. The van der Waals surface area contributed by atoms with E-state index in [-0.39, 0.29) is 12.4 Å². The van der Waals surface area contributed by atoms with Crippen LogP contribution in [0.2, 0.25) is 0 Å². The average molecular weight is 268 g/mol. The van der Waals surface area contributed by atoms with E-state index in [1.165, 1.54) is 5.56 Å². The quantitative estimate of drug-likeness (QED) is 0.763. The van der Waals surface area contributed by atoms with Crippen LogP contribution in [0.1, 0.15) is 24.5 Å². The zero-order valence-electron chi connectivity index (χ0n) is 11.8. The second kappa shape index (κ2) is 7.49. The van der Waals surface area contributed by atoms with Crippen LogP contribution in [-0.2, 0) is 17.6 Å². The van der Waals surface area contributed by atoms with Gasteiger partial charge in [-0.1, -0.05) is 55.8 Å². The van der Waals surface area contributed by atoms with Crippen molar-refractivity contribution in [2.24, 2.45) is 0 Å². The molecule has 0 saturated heterocycles. The van der Waals surface area contributed by atoms with E-state index in [0.29, 0.717) is 6.42 Å². The Bertz CT molecular complexity index is 529. The Labute approximate surface area is 120 Å². The number of hydrogen-bond donors (Lipinski definition) is 0. The molecule has 2 nitrogen and oxygen atoms in total. The smallest absolute Gasteiger partial charge is 0.174 e. The predicted molar refractivity (Wildman–Crippen MR) is 81.1 cm³/mol. The van der Waals surface area contributed by atoms with E-state index in [9.17, 15) is 4.79 Å². The summed E-state index contributed by atoms with van der Waals surface area (Å²) in [7, 11) is 0. The van der Waals surface area contributed by atoms with E-state index in [1.807, 2.05) is 42.5 Å². The second-order valence-corrected chi connectivity index (χ2v) is 4.88. The normalized spacial score (nSPS) is 10.2. The number of ether oxygens (including phenoxy) is 1. The van der Waals surface area contributed by atoms with Crippen LogP contribution in [0.5, 0.6) is 5.75 Å².